The number of carbonyl (C=O) groups is 2. The fourth-order valence-corrected chi connectivity index (χ4v) is 6.57. The van der Waals surface area contributed by atoms with E-state index in [0.717, 1.165) is 43.9 Å². The predicted octanol–water partition coefficient (Wildman–Crippen LogP) is 2.37. The molecule has 1 aromatic carbocycles. The van der Waals surface area contributed by atoms with Gasteiger partial charge in [-0.3, -0.25) is 9.59 Å². The molecule has 10 nitrogen and oxygen atoms in total. The molecule has 9 unspecified atom stereocenters. The minimum absolute atomic E-state index is 0.138. The lowest BCUT2D eigenvalue weighted by molar-refractivity contribution is -0.205. The van der Waals surface area contributed by atoms with E-state index in [4.69, 9.17) is 9.47 Å². The summed E-state index contributed by atoms with van der Waals surface area (Å²) in [6, 6.07) is 4.44. The SMILES string of the molecule is CC(C)C.CNC(=O)c1ccc(F)cc1.O=C(NC1C/C=C\CCSC2OC1C(O)C(O)C2O)C1NCC2CCCCOC21. The number of hydrogen-bond donors (Lipinski definition) is 6. The number of aliphatic hydroxyl groups excluding tert-OH is 3. The summed E-state index contributed by atoms with van der Waals surface area (Å²) in [6.07, 6.45) is 3.81. The molecule has 0 aliphatic carbocycles. The number of halogens is 1. The summed E-state index contributed by atoms with van der Waals surface area (Å²) < 4.78 is 24.3. The molecule has 0 saturated carbocycles. The Balaban J connectivity index is 0.000000292. The number of allylic oxidation sites excluding steroid dienone is 1. The summed E-state index contributed by atoms with van der Waals surface area (Å²) in [5.41, 5.74) is -0.169. The normalized spacial score (nSPS) is 34.1. The first-order chi connectivity index (χ1) is 21.0. The Morgan fingerprint density at radius 2 is 1.73 bits per heavy atom. The molecule has 0 spiro atoms. The molecule has 3 saturated heterocycles. The average molecular weight is 640 g/mol. The van der Waals surface area contributed by atoms with Crippen molar-refractivity contribution in [2.24, 2.45) is 11.8 Å². The fraction of sp³-hybridized carbons (Fsp3) is 0.688. The molecule has 12 heteroatoms. The lowest BCUT2D eigenvalue weighted by Crippen LogP contribution is -2.63. The molecule has 1 aromatic rings. The molecule has 9 atom stereocenters. The van der Waals surface area contributed by atoms with Crippen LogP contribution in [0.5, 0.6) is 0 Å². The number of thioether (sulfide) groups is 1. The highest BCUT2D eigenvalue weighted by Gasteiger charge is 2.48. The van der Waals surface area contributed by atoms with Crippen LogP contribution in [0.1, 0.15) is 63.2 Å². The van der Waals surface area contributed by atoms with E-state index in [1.54, 1.807) is 0 Å². The van der Waals surface area contributed by atoms with Gasteiger partial charge in [0.2, 0.25) is 5.91 Å². The van der Waals surface area contributed by atoms with Gasteiger partial charge in [-0.1, -0.05) is 39.3 Å². The van der Waals surface area contributed by atoms with Crippen molar-refractivity contribution >= 4 is 23.6 Å². The van der Waals surface area contributed by atoms with E-state index in [0.29, 0.717) is 24.5 Å². The van der Waals surface area contributed by atoms with Crippen molar-refractivity contribution in [1.29, 1.82) is 0 Å². The molecule has 0 aromatic heterocycles. The minimum atomic E-state index is -1.31. The molecule has 4 heterocycles. The van der Waals surface area contributed by atoms with Crippen LogP contribution in [-0.2, 0) is 14.3 Å². The van der Waals surface area contributed by atoms with Crippen molar-refractivity contribution in [2.45, 2.75) is 101 Å². The number of benzene rings is 1. The van der Waals surface area contributed by atoms with Crippen molar-refractivity contribution in [3.8, 4) is 0 Å². The Labute approximate surface area is 264 Å². The van der Waals surface area contributed by atoms with Gasteiger partial charge in [0.25, 0.3) is 5.91 Å². The fourth-order valence-electron chi connectivity index (χ4n) is 5.50. The van der Waals surface area contributed by atoms with E-state index in [9.17, 15) is 29.3 Å². The maximum absolute atomic E-state index is 13.1. The Morgan fingerprint density at radius 3 is 2.41 bits per heavy atom. The van der Waals surface area contributed by atoms with Crippen LogP contribution in [0.4, 0.5) is 4.39 Å². The van der Waals surface area contributed by atoms with Gasteiger partial charge in [-0.05, 0) is 67.5 Å². The third-order valence-electron chi connectivity index (χ3n) is 7.74. The molecule has 2 amide bonds. The number of ether oxygens (including phenoxy) is 2. The second-order valence-corrected chi connectivity index (χ2v) is 13.4. The number of fused-ring (bicyclic) bond motifs is 3. The molecule has 2 bridgehead atoms. The second kappa shape index (κ2) is 18.2. The number of amides is 2. The van der Waals surface area contributed by atoms with Crippen LogP contribution < -0.4 is 16.0 Å². The maximum atomic E-state index is 13.1. The van der Waals surface area contributed by atoms with Crippen LogP contribution in [0.2, 0.25) is 0 Å². The summed E-state index contributed by atoms with van der Waals surface area (Å²) in [5, 5.41) is 39.9. The number of nitrogens with one attached hydrogen (secondary N) is 3. The maximum Gasteiger partial charge on any atom is 0.251 e. The van der Waals surface area contributed by atoms with E-state index in [1.807, 2.05) is 12.2 Å². The van der Waals surface area contributed by atoms with Gasteiger partial charge < -0.3 is 40.7 Å². The monoisotopic (exact) mass is 639 g/mol. The largest absolute Gasteiger partial charge is 0.388 e. The summed E-state index contributed by atoms with van der Waals surface area (Å²) in [6.45, 7) is 7.94. The summed E-state index contributed by atoms with van der Waals surface area (Å²) in [7, 11) is 1.53. The van der Waals surface area contributed by atoms with E-state index in [1.165, 1.54) is 43.1 Å². The molecule has 5 rings (SSSR count). The van der Waals surface area contributed by atoms with Gasteiger partial charge >= 0.3 is 0 Å². The van der Waals surface area contributed by atoms with Crippen molar-refractivity contribution < 1.29 is 38.8 Å². The number of hydrogen-bond acceptors (Lipinski definition) is 9. The van der Waals surface area contributed by atoms with E-state index >= 15 is 0 Å². The van der Waals surface area contributed by atoms with Gasteiger partial charge in [0.1, 0.15) is 41.7 Å². The number of carbonyl (C=O) groups excluding carboxylic acids is 2. The van der Waals surface area contributed by atoms with Crippen LogP contribution in [0.3, 0.4) is 0 Å². The third kappa shape index (κ3) is 10.5. The van der Waals surface area contributed by atoms with Gasteiger partial charge in [0, 0.05) is 25.8 Å². The standard InChI is InChI=1S/C20H32N2O6S.C8H8FNO.C4H10/c23-14-15(24)18-12(7-2-1-5-9-29-20(28-18)16(14)25)22-19(26)13-17-11(10-21-13)6-3-4-8-27-17;1-10-8(11)6-2-4-7(9)5-3-6;1-4(2)3/h1-2,11-18,20-21,23-25H,3-10H2,(H,22,26);2-5H,1H3,(H,10,11);4H,1-3H3/b2-1-;;. The summed E-state index contributed by atoms with van der Waals surface area (Å²) in [5.74, 6) is 1.21. The van der Waals surface area contributed by atoms with E-state index in [2.05, 4.69) is 36.7 Å². The first-order valence-corrected chi connectivity index (χ1v) is 16.7. The Bertz CT molecular complexity index is 1060. The summed E-state index contributed by atoms with van der Waals surface area (Å²) >= 11 is 1.41. The molecule has 3 fully saturated rings. The molecular formula is C32H50FN3O7S. The van der Waals surface area contributed by atoms with Crippen molar-refractivity contribution in [3.63, 3.8) is 0 Å². The zero-order valence-corrected chi connectivity index (χ0v) is 27.0. The molecule has 248 valence electrons. The van der Waals surface area contributed by atoms with Crippen molar-refractivity contribution in [3.05, 3.63) is 47.8 Å². The molecule has 4 aliphatic rings. The van der Waals surface area contributed by atoms with Crippen LogP contribution in [0, 0.1) is 17.7 Å². The molecule has 0 radical (unpaired) electrons. The molecule has 44 heavy (non-hydrogen) atoms. The minimum Gasteiger partial charge on any atom is -0.388 e. The van der Waals surface area contributed by atoms with Gasteiger partial charge in [-0.15, -0.1) is 11.8 Å². The van der Waals surface area contributed by atoms with Gasteiger partial charge in [0.05, 0.1) is 12.1 Å². The smallest absolute Gasteiger partial charge is 0.251 e. The predicted molar refractivity (Wildman–Crippen MR) is 169 cm³/mol. The highest BCUT2D eigenvalue weighted by molar-refractivity contribution is 7.99. The van der Waals surface area contributed by atoms with Crippen molar-refractivity contribution in [1.82, 2.24) is 16.0 Å². The molecule has 6 N–H and O–H groups in total. The van der Waals surface area contributed by atoms with Gasteiger partial charge in [-0.25, -0.2) is 4.39 Å². The second-order valence-electron chi connectivity index (χ2n) is 12.2. The van der Waals surface area contributed by atoms with Gasteiger partial charge in [-0.2, -0.15) is 0 Å². The van der Waals surface area contributed by atoms with Crippen LogP contribution >= 0.6 is 11.8 Å². The third-order valence-corrected chi connectivity index (χ3v) is 8.93. The average Bonchev–Trinajstić information content (AvgIpc) is 3.26. The number of rotatable bonds is 3. The summed E-state index contributed by atoms with van der Waals surface area (Å²) in [4.78, 5) is 24.0. The van der Waals surface area contributed by atoms with Crippen LogP contribution in [0.25, 0.3) is 0 Å². The Kier molecular flexibility index (Phi) is 15.0. The zero-order valence-electron chi connectivity index (χ0n) is 26.2. The Morgan fingerprint density at radius 1 is 1.02 bits per heavy atom. The highest BCUT2D eigenvalue weighted by atomic mass is 32.2. The first kappa shape index (κ1) is 36.4. The van der Waals surface area contributed by atoms with E-state index < -0.39 is 41.9 Å². The topological polar surface area (TPSA) is 149 Å². The molecule has 4 aliphatic heterocycles. The lowest BCUT2D eigenvalue weighted by atomic mass is 9.92. The zero-order chi connectivity index (χ0) is 32.2. The number of aliphatic hydroxyl groups is 3. The van der Waals surface area contributed by atoms with Gasteiger partial charge in [0.15, 0.2) is 0 Å². The van der Waals surface area contributed by atoms with Crippen LogP contribution in [-0.4, -0.2) is 101 Å². The lowest BCUT2D eigenvalue weighted by Gasteiger charge is -2.43. The van der Waals surface area contributed by atoms with E-state index in [-0.39, 0.29) is 23.7 Å². The Hall–Kier alpha value is -2.06. The van der Waals surface area contributed by atoms with Crippen molar-refractivity contribution in [2.75, 3.05) is 26.0 Å². The highest BCUT2D eigenvalue weighted by Crippen LogP contribution is 2.32. The quantitative estimate of drug-likeness (QED) is 0.274. The first-order valence-electron chi connectivity index (χ1n) is 15.6. The van der Waals surface area contributed by atoms with Crippen LogP contribution in [0.15, 0.2) is 36.4 Å². The molecular weight excluding hydrogens is 589 g/mol.